The van der Waals surface area contributed by atoms with Crippen molar-refractivity contribution in [3.05, 3.63) is 47.0 Å². The van der Waals surface area contributed by atoms with E-state index in [1.165, 1.54) is 61.9 Å². The van der Waals surface area contributed by atoms with E-state index in [4.69, 9.17) is 10.2 Å². The molecule has 0 spiro atoms. The smallest absolute Gasteiger partial charge is 0.328 e. The van der Waals surface area contributed by atoms with Crippen molar-refractivity contribution in [1.29, 1.82) is 0 Å². The second-order valence-corrected chi connectivity index (χ2v) is 7.70. The lowest BCUT2D eigenvalue weighted by molar-refractivity contribution is -0.134. The first-order valence-corrected chi connectivity index (χ1v) is 10.0. The summed E-state index contributed by atoms with van der Waals surface area (Å²) < 4.78 is 0. The summed E-state index contributed by atoms with van der Waals surface area (Å²) in [6, 6.07) is 8.51. The van der Waals surface area contributed by atoms with Crippen LogP contribution >= 0.6 is 0 Å². The molecular formula is C22H32N2O4. The Kier molecular flexibility index (Phi) is 8.67. The van der Waals surface area contributed by atoms with Crippen LogP contribution in [0.4, 0.5) is 0 Å². The highest BCUT2D eigenvalue weighted by Gasteiger charge is 2.30. The second-order valence-electron chi connectivity index (χ2n) is 7.70. The summed E-state index contributed by atoms with van der Waals surface area (Å²) in [5, 5.41) is 19.2. The molecule has 1 aliphatic heterocycles. The van der Waals surface area contributed by atoms with E-state index in [0.29, 0.717) is 12.2 Å². The molecule has 1 aromatic rings. The lowest BCUT2D eigenvalue weighted by atomic mass is 10.0. The normalized spacial score (nSPS) is 19.8. The third-order valence-electron chi connectivity index (χ3n) is 5.52. The van der Waals surface area contributed by atoms with Crippen molar-refractivity contribution in [2.24, 2.45) is 0 Å². The number of aryl methyl sites for hydroxylation is 2. The molecule has 1 atom stereocenters. The number of carbonyl (C=O) groups is 2. The van der Waals surface area contributed by atoms with E-state index in [2.05, 4.69) is 42.3 Å². The molecule has 1 heterocycles. The fraction of sp³-hybridized carbons (Fsp3) is 0.545. The molecule has 0 radical (unpaired) electrons. The van der Waals surface area contributed by atoms with Crippen LogP contribution in [0.2, 0.25) is 0 Å². The number of carboxylic acids is 2. The first kappa shape index (κ1) is 22.1. The van der Waals surface area contributed by atoms with Gasteiger partial charge in [0.25, 0.3) is 0 Å². The maximum Gasteiger partial charge on any atom is 0.328 e. The topological polar surface area (TPSA) is 89.9 Å². The summed E-state index contributed by atoms with van der Waals surface area (Å²) in [5.74, 6) is -2.51. The Hall–Kier alpha value is -2.18. The molecule has 0 bridgehead atoms. The Bertz CT molecular complexity index is 658. The minimum Gasteiger partial charge on any atom is -0.478 e. The van der Waals surface area contributed by atoms with Crippen LogP contribution in [0, 0.1) is 13.8 Å². The molecule has 28 heavy (non-hydrogen) atoms. The maximum absolute atomic E-state index is 9.55. The van der Waals surface area contributed by atoms with Crippen LogP contribution in [0.15, 0.2) is 30.4 Å². The predicted molar refractivity (Wildman–Crippen MR) is 109 cm³/mol. The summed E-state index contributed by atoms with van der Waals surface area (Å²) in [6.07, 6.45) is 8.09. The van der Waals surface area contributed by atoms with Gasteiger partial charge >= 0.3 is 11.9 Å². The van der Waals surface area contributed by atoms with Gasteiger partial charge in [0.05, 0.1) is 0 Å². The second kappa shape index (κ2) is 11.0. The van der Waals surface area contributed by atoms with Crippen molar-refractivity contribution >= 4 is 11.9 Å². The highest BCUT2D eigenvalue weighted by molar-refractivity contribution is 5.89. The molecule has 0 unspecified atom stereocenters. The van der Waals surface area contributed by atoms with Gasteiger partial charge in [-0.3, -0.25) is 4.90 Å². The summed E-state index contributed by atoms with van der Waals surface area (Å²) in [7, 11) is 0. The quantitative estimate of drug-likeness (QED) is 0.649. The number of nitrogens with zero attached hydrogens (tertiary/aromatic N) is 1. The maximum atomic E-state index is 9.55. The summed E-state index contributed by atoms with van der Waals surface area (Å²) >= 11 is 0. The van der Waals surface area contributed by atoms with E-state index >= 15 is 0 Å². The molecule has 6 nitrogen and oxygen atoms in total. The highest BCUT2D eigenvalue weighted by Crippen LogP contribution is 2.29. The van der Waals surface area contributed by atoms with Crippen molar-refractivity contribution in [2.75, 3.05) is 13.1 Å². The van der Waals surface area contributed by atoms with Crippen molar-refractivity contribution in [2.45, 2.75) is 64.6 Å². The zero-order chi connectivity index (χ0) is 20.5. The molecule has 1 aliphatic carbocycles. The van der Waals surface area contributed by atoms with E-state index < -0.39 is 11.9 Å². The fourth-order valence-electron chi connectivity index (χ4n) is 4.08. The van der Waals surface area contributed by atoms with Gasteiger partial charge in [-0.05, 0) is 50.8 Å². The first-order chi connectivity index (χ1) is 13.4. The average Bonchev–Trinajstić information content (AvgIpc) is 3.34. The Morgan fingerprint density at radius 3 is 2.21 bits per heavy atom. The predicted octanol–water partition coefficient (Wildman–Crippen LogP) is 3.12. The Morgan fingerprint density at radius 1 is 1.07 bits per heavy atom. The Balaban J connectivity index is 0.000000300. The third kappa shape index (κ3) is 7.09. The lowest BCUT2D eigenvalue weighted by Crippen LogP contribution is -2.42. The van der Waals surface area contributed by atoms with Gasteiger partial charge in [-0.25, -0.2) is 9.59 Å². The van der Waals surface area contributed by atoms with Crippen molar-refractivity contribution in [3.63, 3.8) is 0 Å². The molecule has 6 heteroatoms. The minimum atomic E-state index is -1.26. The van der Waals surface area contributed by atoms with Gasteiger partial charge in [0.15, 0.2) is 0 Å². The van der Waals surface area contributed by atoms with Crippen LogP contribution in [-0.4, -0.2) is 52.2 Å². The molecule has 3 rings (SSSR count). The number of carboxylic acid groups (broad SMARTS) is 2. The van der Waals surface area contributed by atoms with Crippen LogP contribution in [0.5, 0.6) is 0 Å². The van der Waals surface area contributed by atoms with Gasteiger partial charge < -0.3 is 15.5 Å². The first-order valence-electron chi connectivity index (χ1n) is 10.0. The van der Waals surface area contributed by atoms with Crippen LogP contribution in [0.3, 0.4) is 0 Å². The number of hydrogen-bond acceptors (Lipinski definition) is 4. The molecule has 1 aromatic carbocycles. The Labute approximate surface area is 167 Å². The number of hydrogen-bond donors (Lipinski definition) is 3. The molecule has 0 amide bonds. The van der Waals surface area contributed by atoms with Gasteiger partial charge in [-0.15, -0.1) is 0 Å². The van der Waals surface area contributed by atoms with E-state index in [1.807, 2.05) is 0 Å². The average molecular weight is 389 g/mol. The molecular weight excluding hydrogens is 356 g/mol. The molecule has 3 N–H and O–H groups in total. The van der Waals surface area contributed by atoms with Crippen molar-refractivity contribution in [1.82, 2.24) is 10.2 Å². The molecule has 1 saturated heterocycles. The SMILES string of the molecule is Cc1ccc(CN(C2CCCC2)[C@H]2CCNC2)c(C)c1.O=C(O)/C=C/C(=O)O. The van der Waals surface area contributed by atoms with E-state index in [9.17, 15) is 9.59 Å². The van der Waals surface area contributed by atoms with Crippen LogP contribution in [0.25, 0.3) is 0 Å². The lowest BCUT2D eigenvalue weighted by Gasteiger charge is -2.34. The number of aliphatic carboxylic acids is 2. The van der Waals surface area contributed by atoms with Crippen LogP contribution in [-0.2, 0) is 16.1 Å². The number of benzene rings is 1. The van der Waals surface area contributed by atoms with Gasteiger partial charge in [0.1, 0.15) is 0 Å². The van der Waals surface area contributed by atoms with E-state index in [-0.39, 0.29) is 0 Å². The largest absolute Gasteiger partial charge is 0.478 e. The monoisotopic (exact) mass is 388 g/mol. The van der Waals surface area contributed by atoms with E-state index in [0.717, 1.165) is 18.6 Å². The molecule has 154 valence electrons. The van der Waals surface area contributed by atoms with Gasteiger partial charge in [0.2, 0.25) is 0 Å². The van der Waals surface area contributed by atoms with Gasteiger partial charge in [0, 0.05) is 37.3 Å². The Morgan fingerprint density at radius 2 is 1.71 bits per heavy atom. The van der Waals surface area contributed by atoms with Crippen molar-refractivity contribution < 1.29 is 19.8 Å². The third-order valence-corrected chi connectivity index (χ3v) is 5.52. The fourth-order valence-corrected chi connectivity index (χ4v) is 4.08. The minimum absolute atomic E-state index is 0.558. The van der Waals surface area contributed by atoms with Crippen molar-refractivity contribution in [3.8, 4) is 0 Å². The van der Waals surface area contributed by atoms with Gasteiger partial charge in [-0.1, -0.05) is 36.6 Å². The van der Waals surface area contributed by atoms with Crippen LogP contribution < -0.4 is 5.32 Å². The highest BCUT2D eigenvalue weighted by atomic mass is 16.4. The number of rotatable bonds is 6. The molecule has 2 aliphatic rings. The van der Waals surface area contributed by atoms with E-state index in [1.54, 1.807) is 0 Å². The summed E-state index contributed by atoms with van der Waals surface area (Å²) in [4.78, 5) is 21.9. The standard InChI is InChI=1S/C18H28N2.C4H4O4/c1-14-7-8-16(15(2)11-14)13-20(17-5-3-4-6-17)18-9-10-19-12-18;5-3(6)1-2-4(7)8/h7-8,11,17-19H,3-6,9-10,12-13H2,1-2H3;1-2H,(H,5,6)(H,7,8)/b;2-1+/t18-;/m0./s1. The van der Waals surface area contributed by atoms with Crippen LogP contribution in [0.1, 0.15) is 48.8 Å². The number of nitrogens with one attached hydrogen (secondary N) is 1. The molecule has 1 saturated carbocycles. The summed E-state index contributed by atoms with van der Waals surface area (Å²) in [5.41, 5.74) is 4.36. The molecule has 0 aromatic heterocycles. The molecule has 2 fully saturated rings. The zero-order valence-corrected chi connectivity index (χ0v) is 16.9. The summed E-state index contributed by atoms with van der Waals surface area (Å²) in [6.45, 7) is 7.97. The zero-order valence-electron chi connectivity index (χ0n) is 16.9. The van der Waals surface area contributed by atoms with Gasteiger partial charge in [-0.2, -0.15) is 0 Å².